The molecule has 0 aromatic carbocycles. The van der Waals surface area contributed by atoms with Gasteiger partial charge >= 0.3 is 5.69 Å². The summed E-state index contributed by atoms with van der Waals surface area (Å²) in [5.74, 6) is 0. The Morgan fingerprint density at radius 1 is 1.80 bits per heavy atom. The quantitative estimate of drug-likeness (QED) is 0.468. The summed E-state index contributed by atoms with van der Waals surface area (Å²) < 4.78 is 0. The number of H-pyrrole nitrogens is 1. The number of hydrogen-bond donors (Lipinski definition) is 3. The second-order valence-electron chi connectivity index (χ2n) is 3.93. The molecule has 15 heavy (non-hydrogen) atoms. The van der Waals surface area contributed by atoms with Crippen LogP contribution < -0.4 is 5.73 Å². The molecular formula is C8H12N4O3. The fourth-order valence-electron chi connectivity index (χ4n) is 2.12. The van der Waals surface area contributed by atoms with E-state index in [1.54, 1.807) is 0 Å². The molecule has 1 heterocycles. The number of rotatable bonds is 3. The van der Waals surface area contributed by atoms with Crippen LogP contribution in [0.2, 0.25) is 0 Å². The molecule has 1 fully saturated rings. The summed E-state index contributed by atoms with van der Waals surface area (Å²) in [6, 6.07) is 0. The number of aliphatic hydroxyl groups is 1. The Balaban J connectivity index is 2.36. The Kier molecular flexibility index (Phi) is 2.20. The summed E-state index contributed by atoms with van der Waals surface area (Å²) in [6.07, 6.45) is 1.66. The Hall–Kier alpha value is -1.47. The van der Waals surface area contributed by atoms with E-state index >= 15 is 0 Å². The molecule has 0 spiro atoms. The molecular weight excluding hydrogens is 200 g/mol. The maximum Gasteiger partial charge on any atom is 0.310 e. The lowest BCUT2D eigenvalue weighted by atomic mass is 9.64. The first-order chi connectivity index (χ1) is 7.09. The van der Waals surface area contributed by atoms with Crippen molar-refractivity contribution >= 4 is 5.69 Å². The van der Waals surface area contributed by atoms with Crippen LogP contribution in [0.1, 0.15) is 18.5 Å². The second-order valence-corrected chi connectivity index (χ2v) is 3.93. The van der Waals surface area contributed by atoms with Gasteiger partial charge in [0, 0.05) is 12.0 Å². The molecule has 1 saturated carbocycles. The first-order valence-corrected chi connectivity index (χ1v) is 4.65. The minimum atomic E-state index is -0.502. The van der Waals surface area contributed by atoms with Crippen molar-refractivity contribution in [1.82, 2.24) is 10.2 Å². The number of aliphatic hydroxyl groups excluding tert-OH is 1. The van der Waals surface area contributed by atoms with Gasteiger partial charge < -0.3 is 10.8 Å². The molecule has 0 amide bonds. The van der Waals surface area contributed by atoms with Crippen LogP contribution in [0.3, 0.4) is 0 Å². The van der Waals surface area contributed by atoms with Crippen molar-refractivity contribution in [2.24, 2.45) is 5.73 Å². The lowest BCUT2D eigenvalue weighted by Gasteiger charge is -2.43. The number of nitro groups is 1. The monoisotopic (exact) mass is 212 g/mol. The first-order valence-electron chi connectivity index (χ1n) is 4.65. The van der Waals surface area contributed by atoms with Crippen molar-refractivity contribution in [2.45, 2.75) is 24.4 Å². The summed E-state index contributed by atoms with van der Waals surface area (Å²) in [5, 5.41) is 26.3. The van der Waals surface area contributed by atoms with E-state index in [1.165, 1.54) is 6.20 Å². The van der Waals surface area contributed by atoms with Crippen LogP contribution >= 0.6 is 0 Å². The topological polar surface area (TPSA) is 118 Å². The van der Waals surface area contributed by atoms with Crippen molar-refractivity contribution in [1.29, 1.82) is 0 Å². The SMILES string of the molecule is NCC1(c2[nH]ncc2[N+](=O)[O-])CC(O)C1. The number of nitrogens with zero attached hydrogens (tertiary/aromatic N) is 2. The summed E-state index contributed by atoms with van der Waals surface area (Å²) in [7, 11) is 0. The zero-order valence-electron chi connectivity index (χ0n) is 8.01. The van der Waals surface area contributed by atoms with Gasteiger partial charge in [0.25, 0.3) is 0 Å². The van der Waals surface area contributed by atoms with Crippen LogP contribution in [0.25, 0.3) is 0 Å². The minimum absolute atomic E-state index is 0.0487. The molecule has 1 aliphatic rings. The predicted molar refractivity (Wildman–Crippen MR) is 51.2 cm³/mol. The van der Waals surface area contributed by atoms with E-state index in [9.17, 15) is 15.2 Å². The normalized spacial score (nSPS) is 29.9. The largest absolute Gasteiger partial charge is 0.393 e. The van der Waals surface area contributed by atoms with Crippen molar-refractivity contribution in [2.75, 3.05) is 6.54 Å². The van der Waals surface area contributed by atoms with Crippen LogP contribution in [-0.2, 0) is 5.41 Å². The molecule has 0 atom stereocenters. The summed E-state index contributed by atoms with van der Waals surface area (Å²) >= 11 is 0. The Morgan fingerprint density at radius 3 is 2.93 bits per heavy atom. The first kappa shape index (κ1) is 10.1. The van der Waals surface area contributed by atoms with E-state index in [-0.39, 0.29) is 12.2 Å². The van der Waals surface area contributed by atoms with Gasteiger partial charge in [-0.15, -0.1) is 0 Å². The van der Waals surface area contributed by atoms with E-state index < -0.39 is 16.4 Å². The third-order valence-corrected chi connectivity index (χ3v) is 2.99. The fourth-order valence-corrected chi connectivity index (χ4v) is 2.12. The maximum atomic E-state index is 10.7. The smallest absolute Gasteiger partial charge is 0.310 e. The zero-order chi connectivity index (χ0) is 11.1. The van der Waals surface area contributed by atoms with E-state index in [0.29, 0.717) is 18.5 Å². The maximum absolute atomic E-state index is 10.7. The molecule has 7 nitrogen and oxygen atoms in total. The van der Waals surface area contributed by atoms with Gasteiger partial charge in [-0.2, -0.15) is 5.10 Å². The minimum Gasteiger partial charge on any atom is -0.393 e. The Labute approximate surface area is 85.4 Å². The zero-order valence-corrected chi connectivity index (χ0v) is 8.01. The van der Waals surface area contributed by atoms with E-state index in [4.69, 9.17) is 5.73 Å². The average molecular weight is 212 g/mol. The molecule has 4 N–H and O–H groups in total. The van der Waals surface area contributed by atoms with Gasteiger partial charge in [0.1, 0.15) is 11.9 Å². The molecule has 0 aliphatic heterocycles. The van der Waals surface area contributed by atoms with Gasteiger partial charge in [0.05, 0.1) is 11.0 Å². The van der Waals surface area contributed by atoms with Crippen LogP contribution in [0.4, 0.5) is 5.69 Å². The van der Waals surface area contributed by atoms with Crippen LogP contribution in [0.15, 0.2) is 6.20 Å². The lowest BCUT2D eigenvalue weighted by molar-refractivity contribution is -0.386. The summed E-state index contributed by atoms with van der Waals surface area (Å²) in [4.78, 5) is 10.2. The van der Waals surface area contributed by atoms with E-state index in [2.05, 4.69) is 10.2 Å². The predicted octanol–water partition coefficient (Wildman–Crippen LogP) is -0.331. The lowest BCUT2D eigenvalue weighted by Crippen LogP contribution is -2.50. The molecule has 0 unspecified atom stereocenters. The third kappa shape index (κ3) is 1.40. The van der Waals surface area contributed by atoms with Crippen molar-refractivity contribution in [3.63, 3.8) is 0 Å². The highest BCUT2D eigenvalue weighted by Crippen LogP contribution is 2.45. The summed E-state index contributed by atoms with van der Waals surface area (Å²) in [6.45, 7) is 0.271. The van der Waals surface area contributed by atoms with Gasteiger partial charge in [0.15, 0.2) is 0 Å². The molecule has 1 aromatic heterocycles. The molecule has 0 bridgehead atoms. The molecule has 7 heteroatoms. The third-order valence-electron chi connectivity index (χ3n) is 2.99. The fraction of sp³-hybridized carbons (Fsp3) is 0.625. The molecule has 82 valence electrons. The van der Waals surface area contributed by atoms with Crippen molar-refractivity contribution in [3.05, 3.63) is 22.0 Å². The van der Waals surface area contributed by atoms with Crippen LogP contribution in [0.5, 0.6) is 0 Å². The molecule has 1 aliphatic carbocycles. The highest BCUT2D eigenvalue weighted by Gasteiger charge is 2.48. The average Bonchev–Trinajstić information content (AvgIpc) is 2.61. The number of hydrogen-bond acceptors (Lipinski definition) is 5. The molecule has 0 saturated heterocycles. The van der Waals surface area contributed by atoms with Gasteiger partial charge in [-0.05, 0) is 12.8 Å². The van der Waals surface area contributed by atoms with Crippen LogP contribution in [-0.4, -0.2) is 32.9 Å². The van der Waals surface area contributed by atoms with Gasteiger partial charge in [-0.1, -0.05) is 0 Å². The van der Waals surface area contributed by atoms with Crippen LogP contribution in [0, 0.1) is 10.1 Å². The van der Waals surface area contributed by atoms with Crippen molar-refractivity contribution in [3.8, 4) is 0 Å². The second kappa shape index (κ2) is 3.28. The number of aromatic nitrogens is 2. The molecule has 0 radical (unpaired) electrons. The van der Waals surface area contributed by atoms with E-state index in [0.717, 1.165) is 0 Å². The summed E-state index contributed by atoms with van der Waals surface area (Å²) in [5.41, 5.74) is 5.49. The number of aromatic amines is 1. The number of nitrogens with two attached hydrogens (primary N) is 1. The van der Waals surface area contributed by atoms with Gasteiger partial charge in [0.2, 0.25) is 0 Å². The van der Waals surface area contributed by atoms with Crippen molar-refractivity contribution < 1.29 is 10.0 Å². The van der Waals surface area contributed by atoms with E-state index in [1.807, 2.05) is 0 Å². The standard InChI is InChI=1S/C8H12N4O3/c9-4-8(1-5(13)2-8)7-6(12(14)15)3-10-11-7/h3,5,13H,1-2,4,9H2,(H,10,11). The molecule has 1 aromatic rings. The highest BCUT2D eigenvalue weighted by atomic mass is 16.6. The molecule has 2 rings (SSSR count). The Morgan fingerprint density at radius 2 is 2.47 bits per heavy atom. The van der Waals surface area contributed by atoms with Gasteiger partial charge in [-0.3, -0.25) is 15.2 Å². The number of nitrogens with one attached hydrogen (secondary N) is 1. The Bertz CT molecular complexity index is 383. The van der Waals surface area contributed by atoms with Gasteiger partial charge in [-0.25, -0.2) is 0 Å². The highest BCUT2D eigenvalue weighted by molar-refractivity contribution is 5.40.